The van der Waals surface area contributed by atoms with E-state index in [9.17, 15) is 34.5 Å². The lowest BCUT2D eigenvalue weighted by Crippen LogP contribution is -2.43. The molecule has 174 valence electrons. The Morgan fingerprint density at radius 2 is 1.88 bits per heavy atom. The van der Waals surface area contributed by atoms with Crippen molar-refractivity contribution in [1.29, 1.82) is 0 Å². The van der Waals surface area contributed by atoms with Crippen LogP contribution in [0.5, 0.6) is 5.75 Å². The molecule has 0 bridgehead atoms. The summed E-state index contributed by atoms with van der Waals surface area (Å²) in [4.78, 5) is 50.0. The van der Waals surface area contributed by atoms with Crippen LogP contribution in [0.2, 0.25) is 0 Å². The summed E-state index contributed by atoms with van der Waals surface area (Å²) in [5, 5.41) is 38.5. The molecule has 4 N–H and O–H groups in total. The fourth-order valence-electron chi connectivity index (χ4n) is 5.35. The van der Waals surface area contributed by atoms with Crippen molar-refractivity contribution in [2.45, 2.75) is 26.2 Å². The number of nitrogens with zero attached hydrogens (tertiary/aromatic N) is 1. The molecule has 1 aromatic carbocycles. The van der Waals surface area contributed by atoms with Gasteiger partial charge in [-0.1, -0.05) is 11.2 Å². The smallest absolute Gasteiger partial charge is 0.294 e. The second-order valence-corrected chi connectivity index (χ2v) is 8.77. The van der Waals surface area contributed by atoms with Crippen LogP contribution in [0.1, 0.15) is 41.4 Å². The number of carbonyl (C=O) groups is 4. The molecule has 1 aromatic heterocycles. The van der Waals surface area contributed by atoms with Gasteiger partial charge in [0.2, 0.25) is 5.76 Å². The molecule has 0 aliphatic heterocycles. The molecule has 3 aliphatic rings. The minimum absolute atomic E-state index is 0.00300. The zero-order chi connectivity index (χ0) is 24.3. The fourth-order valence-corrected chi connectivity index (χ4v) is 5.35. The maximum atomic E-state index is 13.4. The van der Waals surface area contributed by atoms with Crippen molar-refractivity contribution in [3.63, 3.8) is 0 Å². The lowest BCUT2D eigenvalue weighted by Gasteiger charge is -2.41. The van der Waals surface area contributed by atoms with E-state index in [-0.39, 0.29) is 34.6 Å². The van der Waals surface area contributed by atoms with Crippen molar-refractivity contribution in [2.75, 3.05) is 5.32 Å². The Labute approximate surface area is 192 Å². The third-order valence-corrected chi connectivity index (χ3v) is 6.78. The predicted octanol–water partition coefficient (Wildman–Crippen LogP) is 2.65. The number of anilines is 1. The number of ketones is 3. The molecular weight excluding hydrogens is 444 g/mol. The van der Waals surface area contributed by atoms with Gasteiger partial charge in [0.15, 0.2) is 17.3 Å². The van der Waals surface area contributed by atoms with Gasteiger partial charge in [0.25, 0.3) is 5.91 Å². The minimum Gasteiger partial charge on any atom is -0.511 e. The highest BCUT2D eigenvalue weighted by atomic mass is 16.5. The quantitative estimate of drug-likeness (QED) is 0.394. The summed E-state index contributed by atoms with van der Waals surface area (Å²) >= 11 is 0. The lowest BCUT2D eigenvalue weighted by molar-refractivity contribution is -0.127. The number of hydrogen-bond donors (Lipinski definition) is 4. The molecule has 0 radical (unpaired) electrons. The first-order chi connectivity index (χ1) is 16.2. The van der Waals surface area contributed by atoms with E-state index in [0.717, 1.165) is 6.92 Å². The van der Waals surface area contributed by atoms with Crippen LogP contribution in [0.3, 0.4) is 0 Å². The number of Topliss-reactive ketones (excluding diaryl/α,β-unsaturated/α-hetero) is 3. The summed E-state index contributed by atoms with van der Waals surface area (Å²) in [6.07, 6.45) is 1.91. The number of aromatic nitrogens is 1. The second-order valence-electron chi connectivity index (χ2n) is 8.77. The van der Waals surface area contributed by atoms with Crippen molar-refractivity contribution in [1.82, 2.24) is 5.16 Å². The zero-order valence-electron chi connectivity index (χ0n) is 18.0. The normalized spacial score (nSPS) is 23.9. The molecule has 34 heavy (non-hydrogen) atoms. The largest absolute Gasteiger partial charge is 0.511 e. The number of hydrogen-bond acceptors (Lipinski definition) is 9. The van der Waals surface area contributed by atoms with Gasteiger partial charge < -0.3 is 25.2 Å². The van der Waals surface area contributed by atoms with Crippen molar-refractivity contribution in [3.8, 4) is 5.75 Å². The Kier molecular flexibility index (Phi) is 4.89. The van der Waals surface area contributed by atoms with Crippen LogP contribution in [0, 0.1) is 17.8 Å². The Hall–Kier alpha value is -4.21. The van der Waals surface area contributed by atoms with Crippen LogP contribution < -0.4 is 5.32 Å². The van der Waals surface area contributed by atoms with Crippen LogP contribution in [0.4, 0.5) is 5.69 Å². The number of aromatic hydroxyl groups is 1. The topological polar surface area (TPSA) is 167 Å². The molecule has 10 nitrogen and oxygen atoms in total. The number of aliphatic hydroxyl groups is 2. The lowest BCUT2D eigenvalue weighted by atomic mass is 9.61. The number of carbonyl (C=O) groups excluding carboxylic acids is 4. The average Bonchev–Trinajstić information content (AvgIpc) is 3.30. The Morgan fingerprint density at radius 1 is 1.12 bits per heavy atom. The van der Waals surface area contributed by atoms with Crippen LogP contribution in [-0.2, 0) is 20.8 Å². The highest BCUT2D eigenvalue weighted by molar-refractivity contribution is 6.22. The molecule has 3 unspecified atom stereocenters. The number of phenolic OH excluding ortho intramolecular Hbond substituents is 1. The molecular formula is C24H20N2O8. The highest BCUT2D eigenvalue weighted by Gasteiger charge is 2.50. The van der Waals surface area contributed by atoms with E-state index >= 15 is 0 Å². The first-order valence-corrected chi connectivity index (χ1v) is 10.7. The Morgan fingerprint density at radius 3 is 2.56 bits per heavy atom. The van der Waals surface area contributed by atoms with Gasteiger partial charge in [0.1, 0.15) is 17.3 Å². The molecule has 1 amide bonds. The molecule has 0 saturated heterocycles. The van der Waals surface area contributed by atoms with E-state index in [1.54, 1.807) is 6.07 Å². The van der Waals surface area contributed by atoms with Crippen LogP contribution in [-0.4, -0.2) is 43.7 Å². The monoisotopic (exact) mass is 464 g/mol. The molecule has 3 atom stereocenters. The van der Waals surface area contributed by atoms with Gasteiger partial charge >= 0.3 is 0 Å². The van der Waals surface area contributed by atoms with Crippen molar-refractivity contribution >= 4 is 34.7 Å². The summed E-state index contributed by atoms with van der Waals surface area (Å²) < 4.78 is 4.80. The van der Waals surface area contributed by atoms with Crippen molar-refractivity contribution in [3.05, 3.63) is 58.2 Å². The van der Waals surface area contributed by atoms with E-state index in [4.69, 9.17) is 4.52 Å². The number of nitrogens with one attached hydrogen (secondary N) is 1. The molecule has 3 aliphatic carbocycles. The van der Waals surface area contributed by atoms with E-state index in [0.29, 0.717) is 18.4 Å². The highest BCUT2D eigenvalue weighted by Crippen LogP contribution is 2.51. The van der Waals surface area contributed by atoms with E-state index in [1.165, 1.54) is 18.3 Å². The molecule has 1 saturated carbocycles. The van der Waals surface area contributed by atoms with E-state index in [1.807, 2.05) is 0 Å². The summed E-state index contributed by atoms with van der Waals surface area (Å²) in [7, 11) is 0. The summed E-state index contributed by atoms with van der Waals surface area (Å²) in [5.74, 6) is -5.87. The van der Waals surface area contributed by atoms with Crippen molar-refractivity contribution < 1.29 is 39.0 Å². The van der Waals surface area contributed by atoms with Gasteiger partial charge in [0.05, 0.1) is 28.9 Å². The Balaban J connectivity index is 1.56. The number of amides is 1. The van der Waals surface area contributed by atoms with Gasteiger partial charge in [-0.05, 0) is 43.2 Å². The minimum atomic E-state index is -1.11. The SMILES string of the molecule is CC(=O)C1=C(O)C2C(=O)C3=C(O)c4c(ccc(NC(=O)c5ccno5)c4O)CC3CC2CC1=O. The van der Waals surface area contributed by atoms with Gasteiger partial charge in [-0.2, -0.15) is 0 Å². The summed E-state index contributed by atoms with van der Waals surface area (Å²) in [5.41, 5.74) is 0.238. The van der Waals surface area contributed by atoms with E-state index in [2.05, 4.69) is 10.5 Å². The first kappa shape index (κ1) is 21.6. The van der Waals surface area contributed by atoms with Gasteiger partial charge in [0, 0.05) is 18.1 Å². The first-order valence-electron chi connectivity index (χ1n) is 10.7. The number of fused-ring (bicyclic) bond motifs is 3. The van der Waals surface area contributed by atoms with E-state index < -0.39 is 58.3 Å². The van der Waals surface area contributed by atoms with Crippen LogP contribution >= 0.6 is 0 Å². The number of rotatable bonds is 3. The maximum Gasteiger partial charge on any atom is 0.294 e. The Bertz CT molecular complexity index is 1330. The second kappa shape index (κ2) is 7.68. The number of aliphatic hydroxyl groups excluding tert-OH is 2. The average molecular weight is 464 g/mol. The molecule has 1 fully saturated rings. The standard InChI is InChI=1S/C24H20N2O8/c1-9(27)16-14(28)8-12-7-11-6-10-2-3-13(26-24(33)15-4-5-25-34-15)20(29)17(10)22(31)18(11)23(32)19(12)21(16)30/h2-5,11-12,19,29-31H,6-8H2,1H3,(H,26,33). The molecule has 0 spiro atoms. The molecule has 1 heterocycles. The third-order valence-electron chi connectivity index (χ3n) is 6.78. The number of allylic oxidation sites excluding steroid dienone is 3. The van der Waals surface area contributed by atoms with Gasteiger partial charge in [-0.15, -0.1) is 0 Å². The summed E-state index contributed by atoms with van der Waals surface area (Å²) in [6.45, 7) is 1.15. The molecule has 5 rings (SSSR count). The van der Waals surface area contributed by atoms with Gasteiger partial charge in [-0.25, -0.2) is 0 Å². The predicted molar refractivity (Wildman–Crippen MR) is 116 cm³/mol. The molecule has 10 heteroatoms. The maximum absolute atomic E-state index is 13.4. The van der Waals surface area contributed by atoms with Gasteiger partial charge in [-0.3, -0.25) is 19.2 Å². The third kappa shape index (κ3) is 3.13. The van der Waals surface area contributed by atoms with Crippen molar-refractivity contribution in [2.24, 2.45) is 17.8 Å². The fraction of sp³-hybridized carbons (Fsp3) is 0.292. The van der Waals surface area contributed by atoms with Crippen LogP contribution in [0.25, 0.3) is 5.76 Å². The number of phenols is 1. The summed E-state index contributed by atoms with van der Waals surface area (Å²) in [6, 6.07) is 4.45. The zero-order valence-corrected chi connectivity index (χ0v) is 18.0. The number of benzene rings is 1. The molecule has 2 aromatic rings. The van der Waals surface area contributed by atoms with Crippen LogP contribution in [0.15, 0.2) is 45.8 Å².